The number of phenolic OH excluding ortho intramolecular Hbond substituents is 1. The molecule has 37 heavy (non-hydrogen) atoms. The van der Waals surface area contributed by atoms with Crippen LogP contribution >= 0.6 is 11.8 Å². The topological polar surface area (TPSA) is 102 Å². The van der Waals surface area contributed by atoms with E-state index in [9.17, 15) is 9.90 Å². The lowest BCUT2D eigenvalue weighted by Crippen LogP contribution is -2.20. The number of ether oxygens (including phenoxy) is 1. The van der Waals surface area contributed by atoms with E-state index in [1.165, 1.54) is 30.6 Å². The maximum absolute atomic E-state index is 12.5. The van der Waals surface area contributed by atoms with E-state index in [0.29, 0.717) is 22.3 Å². The molecule has 3 aromatic carbocycles. The summed E-state index contributed by atoms with van der Waals surface area (Å²) in [6.07, 6.45) is 1.37. The molecule has 8 nitrogen and oxygen atoms in total. The fourth-order valence-corrected chi connectivity index (χ4v) is 4.37. The number of aromatic hydroxyl groups is 1. The van der Waals surface area contributed by atoms with Crippen LogP contribution < -0.4 is 10.2 Å². The van der Waals surface area contributed by atoms with Crippen molar-refractivity contribution in [1.29, 1.82) is 0 Å². The minimum Gasteiger partial charge on any atom is -0.504 e. The maximum atomic E-state index is 12.5. The summed E-state index contributed by atoms with van der Waals surface area (Å²) in [5.74, 6) is 0.741. The van der Waals surface area contributed by atoms with Crippen molar-refractivity contribution in [2.24, 2.45) is 5.10 Å². The number of carbonyl (C=O) groups is 1. The average molecular weight is 516 g/mol. The largest absolute Gasteiger partial charge is 0.504 e. The highest BCUT2D eigenvalue weighted by Crippen LogP contribution is 2.30. The first-order valence-electron chi connectivity index (χ1n) is 11.7. The standard InChI is InChI=1S/C28H29N5O3S/c1-28(2,3)21-15-13-19(14-16-21)26-31-32-27(33(26)22-10-6-5-7-11-22)37-18-24(34)30-29-17-20-9-8-12-23(36-4)25(20)35/h5-17,35H,18H2,1-4H3,(H,30,34). The lowest BCUT2D eigenvalue weighted by molar-refractivity contribution is -0.118. The number of thioether (sulfide) groups is 1. The van der Waals surface area contributed by atoms with Gasteiger partial charge in [-0.15, -0.1) is 10.2 Å². The summed E-state index contributed by atoms with van der Waals surface area (Å²) >= 11 is 1.26. The van der Waals surface area contributed by atoms with Gasteiger partial charge in [-0.25, -0.2) is 5.43 Å². The first kappa shape index (κ1) is 26.0. The van der Waals surface area contributed by atoms with Crippen molar-refractivity contribution in [1.82, 2.24) is 20.2 Å². The number of hydrogen-bond acceptors (Lipinski definition) is 7. The highest BCUT2D eigenvalue weighted by molar-refractivity contribution is 7.99. The van der Waals surface area contributed by atoms with Gasteiger partial charge in [-0.3, -0.25) is 9.36 Å². The van der Waals surface area contributed by atoms with Crippen molar-refractivity contribution >= 4 is 23.9 Å². The lowest BCUT2D eigenvalue weighted by Gasteiger charge is -2.19. The predicted octanol–water partition coefficient (Wildman–Crippen LogP) is 5.19. The van der Waals surface area contributed by atoms with Gasteiger partial charge in [-0.2, -0.15) is 5.10 Å². The molecule has 0 unspecified atom stereocenters. The van der Waals surface area contributed by atoms with Gasteiger partial charge in [-0.05, 0) is 35.2 Å². The van der Waals surface area contributed by atoms with Crippen molar-refractivity contribution in [3.63, 3.8) is 0 Å². The molecule has 1 aromatic heterocycles. The Morgan fingerprint density at radius 2 is 1.78 bits per heavy atom. The fraction of sp³-hybridized carbons (Fsp3) is 0.214. The number of para-hydroxylation sites is 2. The molecule has 0 radical (unpaired) electrons. The first-order chi connectivity index (χ1) is 17.8. The Bertz CT molecular complexity index is 1390. The van der Waals surface area contributed by atoms with Crippen LogP contribution in [0.2, 0.25) is 0 Å². The summed E-state index contributed by atoms with van der Waals surface area (Å²) in [6, 6.07) is 23.1. The number of hydrogen-bond donors (Lipinski definition) is 2. The summed E-state index contributed by atoms with van der Waals surface area (Å²) in [7, 11) is 1.47. The highest BCUT2D eigenvalue weighted by atomic mass is 32.2. The summed E-state index contributed by atoms with van der Waals surface area (Å²) < 4.78 is 7.03. The first-order valence-corrected chi connectivity index (χ1v) is 12.7. The molecule has 1 heterocycles. The van der Waals surface area contributed by atoms with E-state index < -0.39 is 0 Å². The number of nitrogens with zero attached hydrogens (tertiary/aromatic N) is 4. The third kappa shape index (κ3) is 6.18. The molecule has 0 aliphatic carbocycles. The second kappa shape index (κ2) is 11.3. The summed E-state index contributed by atoms with van der Waals surface area (Å²) in [5.41, 5.74) is 6.03. The number of amides is 1. The molecule has 0 aliphatic rings. The van der Waals surface area contributed by atoms with Crippen LogP contribution in [0, 0.1) is 0 Å². The Hall–Kier alpha value is -4.11. The van der Waals surface area contributed by atoms with Gasteiger partial charge in [0.2, 0.25) is 0 Å². The number of nitrogens with one attached hydrogen (secondary N) is 1. The Balaban J connectivity index is 1.51. The average Bonchev–Trinajstić information content (AvgIpc) is 3.32. The molecular weight excluding hydrogens is 486 g/mol. The van der Waals surface area contributed by atoms with E-state index in [1.807, 2.05) is 47.0 Å². The SMILES string of the molecule is COc1cccc(C=NNC(=O)CSc2nnc(-c3ccc(C(C)(C)C)cc3)n2-c2ccccc2)c1O. The predicted molar refractivity (Wildman–Crippen MR) is 147 cm³/mol. The van der Waals surface area contributed by atoms with Crippen LogP contribution in [-0.2, 0) is 10.2 Å². The van der Waals surface area contributed by atoms with Gasteiger partial charge >= 0.3 is 0 Å². The van der Waals surface area contributed by atoms with E-state index in [4.69, 9.17) is 4.74 Å². The number of benzene rings is 3. The van der Waals surface area contributed by atoms with Gasteiger partial charge in [0, 0.05) is 16.8 Å². The van der Waals surface area contributed by atoms with Gasteiger partial charge in [0.1, 0.15) is 0 Å². The number of phenols is 1. The second-order valence-corrected chi connectivity index (χ2v) is 10.2. The van der Waals surface area contributed by atoms with Crippen molar-refractivity contribution < 1.29 is 14.6 Å². The molecular formula is C28H29N5O3S. The van der Waals surface area contributed by atoms with Gasteiger partial charge < -0.3 is 9.84 Å². The number of aromatic nitrogens is 3. The van der Waals surface area contributed by atoms with Crippen molar-refractivity contribution in [3.8, 4) is 28.6 Å². The third-order valence-corrected chi connectivity index (χ3v) is 6.56. The lowest BCUT2D eigenvalue weighted by atomic mass is 9.87. The smallest absolute Gasteiger partial charge is 0.250 e. The number of hydrazone groups is 1. The Labute approximate surface area is 220 Å². The molecule has 0 spiro atoms. The van der Waals surface area contributed by atoms with Crippen molar-refractivity contribution in [2.75, 3.05) is 12.9 Å². The zero-order valence-electron chi connectivity index (χ0n) is 21.2. The maximum Gasteiger partial charge on any atom is 0.250 e. The number of rotatable bonds is 8. The van der Waals surface area contributed by atoms with Crippen molar-refractivity contribution in [2.45, 2.75) is 31.3 Å². The summed E-state index contributed by atoms with van der Waals surface area (Å²) in [4.78, 5) is 12.5. The monoisotopic (exact) mass is 515 g/mol. The van der Waals surface area contributed by atoms with E-state index in [1.54, 1.807) is 18.2 Å². The number of methoxy groups -OCH3 is 1. The minimum atomic E-state index is -0.317. The van der Waals surface area contributed by atoms with Crippen LogP contribution in [0.15, 0.2) is 83.1 Å². The zero-order chi connectivity index (χ0) is 26.4. The minimum absolute atomic E-state index is 0.0450. The van der Waals surface area contributed by atoms with E-state index in [-0.39, 0.29) is 22.8 Å². The van der Waals surface area contributed by atoms with Crippen LogP contribution in [0.1, 0.15) is 31.9 Å². The molecule has 0 aliphatic heterocycles. The quantitative estimate of drug-likeness (QED) is 0.190. The Kier molecular flexibility index (Phi) is 7.93. The highest BCUT2D eigenvalue weighted by Gasteiger charge is 2.19. The fourth-order valence-electron chi connectivity index (χ4n) is 3.62. The van der Waals surface area contributed by atoms with Crippen LogP contribution in [0.5, 0.6) is 11.5 Å². The Morgan fingerprint density at radius 1 is 1.05 bits per heavy atom. The molecule has 9 heteroatoms. The van der Waals surface area contributed by atoms with Gasteiger partial charge in [0.15, 0.2) is 22.5 Å². The zero-order valence-corrected chi connectivity index (χ0v) is 22.0. The molecule has 2 N–H and O–H groups in total. The van der Waals surface area contributed by atoms with Crippen LogP contribution in [-0.4, -0.2) is 44.9 Å². The van der Waals surface area contributed by atoms with Crippen LogP contribution in [0.25, 0.3) is 17.1 Å². The molecule has 0 atom stereocenters. The molecule has 4 aromatic rings. The molecule has 0 fully saturated rings. The van der Waals surface area contributed by atoms with Gasteiger partial charge in [-0.1, -0.05) is 81.1 Å². The number of carbonyl (C=O) groups excluding carboxylic acids is 1. The molecule has 1 amide bonds. The van der Waals surface area contributed by atoms with E-state index in [0.717, 1.165) is 11.3 Å². The molecule has 4 rings (SSSR count). The van der Waals surface area contributed by atoms with Gasteiger partial charge in [0.25, 0.3) is 5.91 Å². The molecule has 0 bridgehead atoms. The van der Waals surface area contributed by atoms with Gasteiger partial charge in [0.05, 0.1) is 19.1 Å². The summed E-state index contributed by atoms with van der Waals surface area (Å²) in [6.45, 7) is 6.53. The van der Waals surface area contributed by atoms with E-state index in [2.05, 4.69) is 53.6 Å². The molecule has 0 saturated carbocycles. The van der Waals surface area contributed by atoms with Crippen LogP contribution in [0.4, 0.5) is 0 Å². The van der Waals surface area contributed by atoms with E-state index >= 15 is 0 Å². The normalized spacial score (nSPS) is 11.6. The van der Waals surface area contributed by atoms with Crippen LogP contribution in [0.3, 0.4) is 0 Å². The summed E-state index contributed by atoms with van der Waals surface area (Å²) in [5, 5.41) is 23.5. The van der Waals surface area contributed by atoms with Crippen molar-refractivity contribution in [3.05, 3.63) is 83.9 Å². The Morgan fingerprint density at radius 3 is 2.46 bits per heavy atom. The molecule has 0 saturated heterocycles. The molecule has 190 valence electrons. The third-order valence-electron chi connectivity index (χ3n) is 5.63. The second-order valence-electron chi connectivity index (χ2n) is 9.28.